The zero-order chi connectivity index (χ0) is 17.8. The molecule has 5 nitrogen and oxygen atoms in total. The molecule has 0 spiro atoms. The molecule has 0 bridgehead atoms. The Morgan fingerprint density at radius 2 is 2.04 bits per heavy atom. The van der Waals surface area contributed by atoms with E-state index < -0.39 is 6.61 Å². The van der Waals surface area contributed by atoms with Crippen molar-refractivity contribution in [2.75, 3.05) is 5.32 Å². The van der Waals surface area contributed by atoms with Gasteiger partial charge in [-0.15, -0.1) is 0 Å². The molecule has 0 fully saturated rings. The highest BCUT2D eigenvalue weighted by molar-refractivity contribution is 6.31. The van der Waals surface area contributed by atoms with Crippen LogP contribution in [0.4, 0.5) is 14.5 Å². The molecule has 25 heavy (non-hydrogen) atoms. The number of nitrogens with zero attached hydrogens (tertiary/aromatic N) is 3. The fourth-order valence-corrected chi connectivity index (χ4v) is 2.48. The lowest BCUT2D eigenvalue weighted by atomic mass is 10.1. The van der Waals surface area contributed by atoms with E-state index in [1.54, 1.807) is 24.3 Å². The third kappa shape index (κ3) is 3.92. The standard InChI is InChI=1S/C17H11ClF2N4O/c18-11-1-4-15-14(5-11)16(10(6-21)7-23-15)24-8-12-2-3-13(9-22-12)25-17(19)20/h1-5,7,9,17H,8H2,(H,23,24). The van der Waals surface area contributed by atoms with Gasteiger partial charge in [-0.25, -0.2) is 0 Å². The van der Waals surface area contributed by atoms with Gasteiger partial charge >= 0.3 is 6.61 Å². The summed E-state index contributed by atoms with van der Waals surface area (Å²) in [4.78, 5) is 8.28. The minimum atomic E-state index is -2.89. The third-order valence-corrected chi connectivity index (χ3v) is 3.65. The van der Waals surface area contributed by atoms with Crippen molar-refractivity contribution in [3.8, 4) is 11.8 Å². The number of nitrogens with one attached hydrogen (secondary N) is 1. The second-order valence-electron chi connectivity index (χ2n) is 5.04. The van der Waals surface area contributed by atoms with E-state index in [0.29, 0.717) is 32.9 Å². The molecular weight excluding hydrogens is 350 g/mol. The molecule has 0 aliphatic rings. The van der Waals surface area contributed by atoms with E-state index in [9.17, 15) is 14.0 Å². The Bertz CT molecular complexity index is 942. The summed E-state index contributed by atoms with van der Waals surface area (Å²) < 4.78 is 28.5. The van der Waals surface area contributed by atoms with Crippen LogP contribution >= 0.6 is 11.6 Å². The van der Waals surface area contributed by atoms with Gasteiger partial charge in [-0.05, 0) is 30.3 Å². The fraction of sp³-hybridized carbons (Fsp3) is 0.118. The summed E-state index contributed by atoms with van der Waals surface area (Å²) in [6, 6.07) is 10.3. The van der Waals surface area contributed by atoms with Crippen LogP contribution in [0.3, 0.4) is 0 Å². The van der Waals surface area contributed by atoms with Gasteiger partial charge in [0, 0.05) is 16.6 Å². The van der Waals surface area contributed by atoms with Gasteiger partial charge in [0.2, 0.25) is 0 Å². The maximum atomic E-state index is 12.1. The molecule has 1 aromatic carbocycles. The van der Waals surface area contributed by atoms with Gasteiger partial charge in [0.1, 0.15) is 11.8 Å². The molecule has 0 aliphatic heterocycles. The highest BCUT2D eigenvalue weighted by Gasteiger charge is 2.10. The van der Waals surface area contributed by atoms with Crippen molar-refractivity contribution in [1.29, 1.82) is 5.26 Å². The molecule has 2 heterocycles. The summed E-state index contributed by atoms with van der Waals surface area (Å²) in [5, 5.41) is 13.7. The second-order valence-corrected chi connectivity index (χ2v) is 5.47. The van der Waals surface area contributed by atoms with Crippen LogP contribution in [-0.4, -0.2) is 16.6 Å². The number of rotatable bonds is 5. The van der Waals surface area contributed by atoms with Crippen LogP contribution in [0, 0.1) is 11.3 Å². The first-order valence-corrected chi connectivity index (χ1v) is 7.56. The van der Waals surface area contributed by atoms with Crippen LogP contribution in [0.15, 0.2) is 42.7 Å². The monoisotopic (exact) mass is 360 g/mol. The Hall–Kier alpha value is -2.98. The average Bonchev–Trinajstić information content (AvgIpc) is 2.60. The number of pyridine rings is 2. The van der Waals surface area contributed by atoms with Gasteiger partial charge in [0.15, 0.2) is 0 Å². The molecule has 126 valence electrons. The number of anilines is 1. The van der Waals surface area contributed by atoms with Crippen molar-refractivity contribution in [3.05, 3.63) is 59.0 Å². The molecule has 0 saturated carbocycles. The number of hydrogen-bond acceptors (Lipinski definition) is 5. The first kappa shape index (κ1) is 16.9. The first-order chi connectivity index (χ1) is 12.1. The molecule has 0 saturated heterocycles. The number of alkyl halides is 2. The Labute approximate surface area is 146 Å². The van der Waals surface area contributed by atoms with Crippen LogP contribution in [0.2, 0.25) is 5.02 Å². The van der Waals surface area contributed by atoms with Gasteiger partial charge in [-0.2, -0.15) is 14.0 Å². The molecule has 2 aromatic heterocycles. The minimum Gasteiger partial charge on any atom is -0.433 e. The Kier molecular flexibility index (Phi) is 4.91. The second kappa shape index (κ2) is 7.28. The summed E-state index contributed by atoms with van der Waals surface area (Å²) in [6.45, 7) is -2.60. The Morgan fingerprint density at radius 3 is 2.72 bits per heavy atom. The number of benzene rings is 1. The molecule has 3 rings (SSSR count). The SMILES string of the molecule is N#Cc1cnc2ccc(Cl)cc2c1NCc1ccc(OC(F)F)cn1. The summed E-state index contributed by atoms with van der Waals surface area (Å²) in [5.41, 5.74) is 2.24. The van der Waals surface area contributed by atoms with Crippen LogP contribution < -0.4 is 10.1 Å². The smallest absolute Gasteiger partial charge is 0.387 e. The fourth-order valence-electron chi connectivity index (χ4n) is 2.31. The van der Waals surface area contributed by atoms with Crippen molar-refractivity contribution in [3.63, 3.8) is 0 Å². The molecular formula is C17H11ClF2N4O. The predicted molar refractivity (Wildman–Crippen MR) is 89.7 cm³/mol. The van der Waals surface area contributed by atoms with Gasteiger partial charge in [-0.1, -0.05) is 11.6 Å². The van der Waals surface area contributed by atoms with Crippen molar-refractivity contribution in [1.82, 2.24) is 9.97 Å². The summed E-state index contributed by atoms with van der Waals surface area (Å²) in [6.07, 6.45) is 2.70. The zero-order valence-corrected chi connectivity index (χ0v) is 13.5. The highest BCUT2D eigenvalue weighted by Crippen LogP contribution is 2.28. The van der Waals surface area contributed by atoms with Crippen molar-refractivity contribution >= 4 is 28.2 Å². The van der Waals surface area contributed by atoms with E-state index in [1.807, 2.05) is 0 Å². The molecule has 0 unspecified atom stereocenters. The lowest BCUT2D eigenvalue weighted by Gasteiger charge is -2.12. The maximum absolute atomic E-state index is 12.1. The normalized spacial score (nSPS) is 10.7. The molecule has 8 heteroatoms. The number of nitriles is 1. The van der Waals surface area contributed by atoms with Crippen LogP contribution in [0.25, 0.3) is 10.9 Å². The van der Waals surface area contributed by atoms with Crippen molar-refractivity contribution in [2.45, 2.75) is 13.2 Å². The lowest BCUT2D eigenvalue weighted by molar-refractivity contribution is -0.0500. The number of aromatic nitrogens is 2. The van der Waals surface area contributed by atoms with Crippen LogP contribution in [-0.2, 0) is 6.54 Å². The molecule has 0 radical (unpaired) electrons. The summed E-state index contributed by atoms with van der Waals surface area (Å²) >= 11 is 6.04. The topological polar surface area (TPSA) is 70.8 Å². The van der Waals surface area contributed by atoms with Crippen LogP contribution in [0.1, 0.15) is 11.3 Å². The number of fused-ring (bicyclic) bond motifs is 1. The molecule has 0 aliphatic carbocycles. The average molecular weight is 361 g/mol. The lowest BCUT2D eigenvalue weighted by Crippen LogP contribution is -2.06. The molecule has 0 amide bonds. The van der Waals surface area contributed by atoms with Gasteiger partial charge in [-0.3, -0.25) is 9.97 Å². The molecule has 1 N–H and O–H groups in total. The summed E-state index contributed by atoms with van der Waals surface area (Å²) in [5.74, 6) is -0.0161. The van der Waals surface area contributed by atoms with Gasteiger partial charge in [0.05, 0.1) is 35.2 Å². The van der Waals surface area contributed by atoms with Crippen molar-refractivity contribution < 1.29 is 13.5 Å². The Morgan fingerprint density at radius 1 is 1.20 bits per heavy atom. The largest absolute Gasteiger partial charge is 0.433 e. The van der Waals surface area contributed by atoms with E-state index >= 15 is 0 Å². The molecule has 0 atom stereocenters. The number of hydrogen-bond donors (Lipinski definition) is 1. The van der Waals surface area contributed by atoms with Crippen molar-refractivity contribution in [2.24, 2.45) is 0 Å². The predicted octanol–water partition coefficient (Wildman–Crippen LogP) is 4.37. The zero-order valence-electron chi connectivity index (χ0n) is 12.7. The Balaban J connectivity index is 1.85. The van der Waals surface area contributed by atoms with E-state index in [4.69, 9.17) is 11.6 Å². The van der Waals surface area contributed by atoms with E-state index in [1.165, 1.54) is 18.5 Å². The van der Waals surface area contributed by atoms with E-state index in [2.05, 4.69) is 26.1 Å². The van der Waals surface area contributed by atoms with Gasteiger partial charge in [0.25, 0.3) is 0 Å². The van der Waals surface area contributed by atoms with Gasteiger partial charge < -0.3 is 10.1 Å². The highest BCUT2D eigenvalue weighted by atomic mass is 35.5. The van der Waals surface area contributed by atoms with E-state index in [-0.39, 0.29) is 12.3 Å². The van der Waals surface area contributed by atoms with E-state index in [0.717, 1.165) is 0 Å². The quantitative estimate of drug-likeness (QED) is 0.731. The van der Waals surface area contributed by atoms with Crippen LogP contribution in [0.5, 0.6) is 5.75 Å². The number of halogens is 3. The summed E-state index contributed by atoms with van der Waals surface area (Å²) in [7, 11) is 0. The molecule has 3 aromatic rings. The maximum Gasteiger partial charge on any atom is 0.387 e. The number of ether oxygens (including phenoxy) is 1. The first-order valence-electron chi connectivity index (χ1n) is 7.19. The minimum absolute atomic E-state index is 0.0161. The third-order valence-electron chi connectivity index (χ3n) is 3.42.